The van der Waals surface area contributed by atoms with E-state index in [1.54, 1.807) is 11.0 Å². The molecule has 4 rings (SSSR count). The van der Waals surface area contributed by atoms with Crippen molar-refractivity contribution in [3.63, 3.8) is 0 Å². The summed E-state index contributed by atoms with van der Waals surface area (Å²) in [5.74, 6) is -5.09. The van der Waals surface area contributed by atoms with E-state index in [9.17, 15) is 23.2 Å². The van der Waals surface area contributed by atoms with E-state index in [-0.39, 0.29) is 18.7 Å². The largest absolute Gasteiger partial charge is 0.344 e. The highest BCUT2D eigenvalue weighted by atomic mass is 19.3. The normalized spacial score (nSPS) is 26.1. The van der Waals surface area contributed by atoms with Gasteiger partial charge in [0.1, 0.15) is 12.1 Å². The Labute approximate surface area is 185 Å². The number of carbonyl (C=O) groups excluding carboxylic acids is 3. The van der Waals surface area contributed by atoms with Gasteiger partial charge in [0.15, 0.2) is 0 Å². The first-order valence-corrected chi connectivity index (χ1v) is 11.0. The zero-order chi connectivity index (χ0) is 23.0. The summed E-state index contributed by atoms with van der Waals surface area (Å²) in [5.41, 5.74) is 3.52. The van der Waals surface area contributed by atoms with Crippen molar-refractivity contribution in [1.29, 1.82) is 5.26 Å². The summed E-state index contributed by atoms with van der Waals surface area (Å²) >= 11 is 0. The summed E-state index contributed by atoms with van der Waals surface area (Å²) in [6.45, 7) is 2.28. The van der Waals surface area contributed by atoms with E-state index in [0.29, 0.717) is 13.1 Å². The molecule has 1 N–H and O–H groups in total. The highest BCUT2D eigenvalue weighted by Gasteiger charge is 2.50. The number of carbonyl (C=O) groups is 3. The van der Waals surface area contributed by atoms with Crippen molar-refractivity contribution < 1.29 is 23.2 Å². The first-order valence-electron chi connectivity index (χ1n) is 11.0. The number of amides is 3. The Bertz CT molecular complexity index is 990. The summed E-state index contributed by atoms with van der Waals surface area (Å²) in [6, 6.07) is 5.62. The number of hydrogen-bond acceptors (Lipinski definition) is 4. The van der Waals surface area contributed by atoms with E-state index >= 15 is 0 Å². The number of nitrogens with zero attached hydrogens (tertiary/aromatic N) is 3. The quantitative estimate of drug-likeness (QED) is 0.753. The molecule has 1 aromatic carbocycles. The SMILES string of the molecule is CCCc1cccc2c1CN(C(=O)C[C@@H]1C[C@@H](C(=O)N3CC(F)(F)C[C@H]3C#N)NC1=O)C2. The second kappa shape index (κ2) is 8.49. The Hall–Kier alpha value is -3.02. The molecule has 0 aliphatic carbocycles. The molecule has 0 spiro atoms. The third-order valence-electron chi connectivity index (χ3n) is 6.58. The lowest BCUT2D eigenvalue weighted by Crippen LogP contribution is -2.46. The van der Waals surface area contributed by atoms with Crippen molar-refractivity contribution in [2.75, 3.05) is 6.54 Å². The Morgan fingerprint density at radius 1 is 1.31 bits per heavy atom. The Morgan fingerprint density at radius 2 is 2.09 bits per heavy atom. The summed E-state index contributed by atoms with van der Waals surface area (Å²) in [5, 5.41) is 11.7. The topological polar surface area (TPSA) is 93.5 Å². The molecule has 3 aliphatic rings. The van der Waals surface area contributed by atoms with Crippen LogP contribution in [0.1, 0.15) is 49.3 Å². The van der Waals surface area contributed by atoms with Crippen molar-refractivity contribution in [3.05, 3.63) is 34.9 Å². The number of rotatable bonds is 5. The minimum absolute atomic E-state index is 0.0372. The van der Waals surface area contributed by atoms with E-state index in [1.165, 1.54) is 11.1 Å². The Morgan fingerprint density at radius 3 is 2.81 bits per heavy atom. The monoisotopic (exact) mass is 444 g/mol. The predicted octanol–water partition coefficient (Wildman–Crippen LogP) is 2.14. The molecule has 3 aliphatic heterocycles. The molecule has 3 atom stereocenters. The third-order valence-corrected chi connectivity index (χ3v) is 6.58. The molecule has 2 fully saturated rings. The van der Waals surface area contributed by atoms with Gasteiger partial charge in [-0.15, -0.1) is 0 Å². The van der Waals surface area contributed by atoms with Crippen LogP contribution in [0, 0.1) is 17.2 Å². The standard InChI is InChI=1S/C23H26F2N4O3/c1-2-4-14-5-3-6-15-11-28(12-18(14)15)20(30)8-16-7-19(27-21(16)31)22(32)29-13-23(24,25)9-17(29)10-26/h3,5-6,16-17,19H,2,4,7-9,11-13H2,1H3,(H,27,31)/t16-,17-,19-/m0/s1. The minimum Gasteiger partial charge on any atom is -0.344 e. The van der Waals surface area contributed by atoms with Gasteiger partial charge in [-0.25, -0.2) is 8.78 Å². The number of hydrogen-bond donors (Lipinski definition) is 1. The molecule has 0 unspecified atom stereocenters. The van der Waals surface area contributed by atoms with Crippen LogP contribution in [-0.4, -0.2) is 52.1 Å². The van der Waals surface area contributed by atoms with Crippen molar-refractivity contribution >= 4 is 17.7 Å². The van der Waals surface area contributed by atoms with Crippen LogP contribution in [-0.2, 0) is 33.9 Å². The molecule has 3 heterocycles. The number of benzene rings is 1. The first kappa shape index (κ1) is 22.2. The number of likely N-dealkylation sites (tertiary alicyclic amines) is 1. The summed E-state index contributed by atoms with van der Waals surface area (Å²) in [6.07, 6.45) is 1.28. The van der Waals surface area contributed by atoms with Gasteiger partial charge in [0.25, 0.3) is 5.92 Å². The molecule has 7 nitrogen and oxygen atoms in total. The maximum Gasteiger partial charge on any atom is 0.268 e. The van der Waals surface area contributed by atoms with E-state index in [1.807, 2.05) is 12.1 Å². The lowest BCUT2D eigenvalue weighted by Gasteiger charge is -2.22. The van der Waals surface area contributed by atoms with Crippen molar-refractivity contribution in [1.82, 2.24) is 15.1 Å². The van der Waals surface area contributed by atoms with Crippen LogP contribution in [0.25, 0.3) is 0 Å². The number of aryl methyl sites for hydroxylation is 1. The molecular weight excluding hydrogens is 418 g/mol. The smallest absolute Gasteiger partial charge is 0.268 e. The molecule has 32 heavy (non-hydrogen) atoms. The fourth-order valence-corrected chi connectivity index (χ4v) is 4.95. The van der Waals surface area contributed by atoms with Crippen molar-refractivity contribution in [3.8, 4) is 6.07 Å². The van der Waals surface area contributed by atoms with E-state index < -0.39 is 48.7 Å². The molecule has 2 saturated heterocycles. The molecule has 1 aromatic rings. The van der Waals surface area contributed by atoms with Crippen LogP contribution >= 0.6 is 0 Å². The zero-order valence-electron chi connectivity index (χ0n) is 17.9. The molecule has 170 valence electrons. The van der Waals surface area contributed by atoms with E-state index in [4.69, 9.17) is 5.26 Å². The van der Waals surface area contributed by atoms with Crippen LogP contribution < -0.4 is 5.32 Å². The molecule has 0 aromatic heterocycles. The second-order valence-corrected chi connectivity index (χ2v) is 8.92. The first-order chi connectivity index (χ1) is 15.2. The fraction of sp³-hybridized carbons (Fsp3) is 0.565. The molecule has 0 radical (unpaired) electrons. The average molecular weight is 444 g/mol. The van der Waals surface area contributed by atoms with E-state index in [0.717, 1.165) is 23.3 Å². The predicted molar refractivity (Wildman–Crippen MR) is 110 cm³/mol. The van der Waals surface area contributed by atoms with Crippen LogP contribution in [0.5, 0.6) is 0 Å². The molecule has 9 heteroatoms. The van der Waals surface area contributed by atoms with E-state index in [2.05, 4.69) is 18.3 Å². The van der Waals surface area contributed by atoms with Gasteiger partial charge < -0.3 is 15.1 Å². The number of fused-ring (bicyclic) bond motifs is 1. The maximum atomic E-state index is 13.7. The molecular formula is C23H26F2N4O3. The van der Waals surface area contributed by atoms with Crippen LogP contribution in [0.3, 0.4) is 0 Å². The lowest BCUT2D eigenvalue weighted by atomic mass is 9.99. The molecule has 3 amide bonds. The Kier molecular flexibility index (Phi) is 5.89. The van der Waals surface area contributed by atoms with Gasteiger partial charge in [0, 0.05) is 31.8 Å². The third kappa shape index (κ3) is 4.18. The van der Waals surface area contributed by atoms with Crippen molar-refractivity contribution in [2.45, 2.75) is 70.1 Å². The maximum absolute atomic E-state index is 13.7. The van der Waals surface area contributed by atoms with Gasteiger partial charge in [0.2, 0.25) is 17.7 Å². The van der Waals surface area contributed by atoms with Crippen LogP contribution in [0.4, 0.5) is 8.78 Å². The van der Waals surface area contributed by atoms with Gasteiger partial charge in [-0.05, 0) is 29.5 Å². The van der Waals surface area contributed by atoms with Crippen LogP contribution in [0.15, 0.2) is 18.2 Å². The Balaban J connectivity index is 1.37. The number of halogens is 2. The van der Waals surface area contributed by atoms with Gasteiger partial charge >= 0.3 is 0 Å². The van der Waals surface area contributed by atoms with Gasteiger partial charge in [-0.3, -0.25) is 14.4 Å². The average Bonchev–Trinajstić information content (AvgIpc) is 3.43. The van der Waals surface area contributed by atoms with Gasteiger partial charge in [0.05, 0.1) is 12.6 Å². The highest BCUT2D eigenvalue weighted by Crippen LogP contribution is 2.34. The van der Waals surface area contributed by atoms with Crippen LogP contribution in [0.2, 0.25) is 0 Å². The fourth-order valence-electron chi connectivity index (χ4n) is 4.95. The summed E-state index contributed by atoms with van der Waals surface area (Å²) in [7, 11) is 0. The highest BCUT2D eigenvalue weighted by molar-refractivity contribution is 5.94. The molecule has 0 saturated carbocycles. The second-order valence-electron chi connectivity index (χ2n) is 8.92. The molecule has 0 bridgehead atoms. The number of nitriles is 1. The van der Waals surface area contributed by atoms with Crippen molar-refractivity contribution in [2.24, 2.45) is 5.92 Å². The summed E-state index contributed by atoms with van der Waals surface area (Å²) in [4.78, 5) is 40.6. The number of alkyl halides is 2. The van der Waals surface area contributed by atoms with Gasteiger partial charge in [-0.1, -0.05) is 31.5 Å². The zero-order valence-corrected chi connectivity index (χ0v) is 17.9. The number of nitrogens with one attached hydrogen (secondary N) is 1. The lowest BCUT2D eigenvalue weighted by molar-refractivity contribution is -0.135. The minimum atomic E-state index is -3.12. The summed E-state index contributed by atoms with van der Waals surface area (Å²) < 4.78 is 27.4. The van der Waals surface area contributed by atoms with Gasteiger partial charge in [-0.2, -0.15) is 5.26 Å².